The molecule has 0 saturated heterocycles. The van der Waals surface area contributed by atoms with Gasteiger partial charge >= 0.3 is 5.97 Å². The molecular weight excluding hydrogens is 194 g/mol. The van der Waals surface area contributed by atoms with E-state index in [1.807, 2.05) is 18.2 Å². The Labute approximate surface area is 88.4 Å². The van der Waals surface area contributed by atoms with Crippen LogP contribution in [0.15, 0.2) is 30.3 Å². The topological polar surface area (TPSA) is 52.4 Å². The van der Waals surface area contributed by atoms with Crippen molar-refractivity contribution in [3.63, 3.8) is 0 Å². The lowest BCUT2D eigenvalue weighted by atomic mass is 10.2. The lowest BCUT2D eigenvalue weighted by Gasteiger charge is -2.03. The normalized spacial score (nSPS) is 11.1. The Kier molecular flexibility index (Phi) is 4.34. The van der Waals surface area contributed by atoms with Crippen LogP contribution in [0.5, 0.6) is 0 Å². The van der Waals surface area contributed by atoms with Crippen molar-refractivity contribution >= 4 is 12.2 Å². The molecule has 4 heteroatoms. The second-order valence-corrected chi connectivity index (χ2v) is 2.92. The molecule has 15 heavy (non-hydrogen) atoms. The molecule has 0 aliphatic carbocycles. The summed E-state index contributed by atoms with van der Waals surface area (Å²) in [5.41, 5.74) is 0.761. The van der Waals surface area contributed by atoms with Crippen molar-refractivity contribution < 1.29 is 14.3 Å². The van der Waals surface area contributed by atoms with Crippen LogP contribution < -0.4 is 0 Å². The van der Waals surface area contributed by atoms with E-state index in [0.29, 0.717) is 4.74 Å². The highest BCUT2D eigenvalue weighted by atomic mass is 16.5. The van der Waals surface area contributed by atoms with Crippen LogP contribution in [-0.4, -0.2) is 30.1 Å². The summed E-state index contributed by atoms with van der Waals surface area (Å²) in [6, 6.07) is 9.08. The van der Waals surface area contributed by atoms with Crippen LogP contribution in [0.2, 0.25) is 0 Å². The van der Waals surface area contributed by atoms with Crippen LogP contribution in [0.3, 0.4) is 0 Å². The fourth-order valence-electron chi connectivity index (χ4n) is 1.08. The molecule has 1 rings (SSSR count). The van der Waals surface area contributed by atoms with E-state index >= 15 is 0 Å². The summed E-state index contributed by atoms with van der Waals surface area (Å²) < 4.78 is 5.21. The molecular formula is C11H13NO3. The van der Waals surface area contributed by atoms with Gasteiger partial charge in [-0.1, -0.05) is 18.2 Å². The number of benzene rings is 1. The molecule has 0 atom stereocenters. The highest BCUT2D eigenvalue weighted by Gasteiger charge is 2.06. The number of hydrogen-bond donors (Lipinski definition) is 0. The fraction of sp³-hybridized carbons (Fsp3) is 0.273. The van der Waals surface area contributed by atoms with Crippen LogP contribution in [-0.2, 0) is 9.53 Å². The number of ether oxygens (including phenoxy) is 1. The molecule has 0 aliphatic heterocycles. The zero-order valence-corrected chi connectivity index (χ0v) is 8.55. The maximum atomic E-state index is 11.3. The van der Waals surface area contributed by atoms with Gasteiger partial charge in [-0.25, -0.2) is 4.79 Å². The summed E-state index contributed by atoms with van der Waals surface area (Å²) in [5, 5.41) is 11.3. The van der Waals surface area contributed by atoms with Gasteiger partial charge in [0.1, 0.15) is 0 Å². The number of rotatable bonds is 4. The Morgan fingerprint density at radius 3 is 2.73 bits per heavy atom. The average molecular weight is 207 g/mol. The SMILES string of the molecule is CCOC(=O)C/[N+]([O-])=C/c1ccccc1. The van der Waals surface area contributed by atoms with E-state index in [2.05, 4.69) is 4.74 Å². The molecule has 80 valence electrons. The number of carbonyl (C=O) groups is 1. The van der Waals surface area contributed by atoms with Gasteiger partial charge in [-0.3, -0.25) is 0 Å². The van der Waals surface area contributed by atoms with Crippen LogP contribution in [0.1, 0.15) is 12.5 Å². The first-order chi connectivity index (χ1) is 7.22. The molecule has 0 heterocycles. The van der Waals surface area contributed by atoms with Crippen LogP contribution in [0.25, 0.3) is 0 Å². The number of hydroxylamine groups is 1. The Bertz CT molecular complexity index is 346. The third-order valence-corrected chi connectivity index (χ3v) is 1.68. The smallest absolute Gasteiger partial charge is 0.373 e. The van der Waals surface area contributed by atoms with E-state index in [4.69, 9.17) is 0 Å². The van der Waals surface area contributed by atoms with Gasteiger partial charge in [-0.2, -0.15) is 4.74 Å². The van der Waals surface area contributed by atoms with E-state index in [-0.39, 0.29) is 13.2 Å². The minimum atomic E-state index is -0.514. The van der Waals surface area contributed by atoms with Crippen LogP contribution in [0, 0.1) is 5.21 Å². The van der Waals surface area contributed by atoms with Crippen molar-refractivity contribution in [2.24, 2.45) is 0 Å². The maximum absolute atomic E-state index is 11.3. The van der Waals surface area contributed by atoms with E-state index < -0.39 is 5.97 Å². The Hall–Kier alpha value is -1.84. The van der Waals surface area contributed by atoms with E-state index in [1.54, 1.807) is 19.1 Å². The summed E-state index contributed by atoms with van der Waals surface area (Å²) >= 11 is 0. The molecule has 0 saturated carbocycles. The van der Waals surface area contributed by atoms with Crippen molar-refractivity contribution in [3.05, 3.63) is 41.1 Å². The van der Waals surface area contributed by atoms with Crippen molar-refractivity contribution in [2.75, 3.05) is 13.2 Å². The van der Waals surface area contributed by atoms with Crippen molar-refractivity contribution in [1.82, 2.24) is 0 Å². The molecule has 1 aromatic carbocycles. The lowest BCUT2D eigenvalue weighted by Crippen LogP contribution is -2.19. The van der Waals surface area contributed by atoms with Crippen molar-refractivity contribution in [1.29, 1.82) is 0 Å². The Balaban J connectivity index is 2.57. The lowest BCUT2D eigenvalue weighted by molar-refractivity contribution is -0.442. The zero-order chi connectivity index (χ0) is 11.1. The van der Waals surface area contributed by atoms with Crippen molar-refractivity contribution in [3.8, 4) is 0 Å². The third-order valence-electron chi connectivity index (χ3n) is 1.68. The fourth-order valence-corrected chi connectivity index (χ4v) is 1.08. The van der Waals surface area contributed by atoms with Crippen LogP contribution in [0.4, 0.5) is 0 Å². The number of esters is 1. The maximum Gasteiger partial charge on any atom is 0.373 e. The summed E-state index contributed by atoms with van der Waals surface area (Å²) in [6.45, 7) is 1.72. The predicted octanol–water partition coefficient (Wildman–Crippen LogP) is 1.18. The monoisotopic (exact) mass is 207 g/mol. The molecule has 0 aromatic heterocycles. The molecule has 0 N–H and O–H groups in total. The van der Waals surface area contributed by atoms with Gasteiger partial charge < -0.3 is 9.94 Å². The molecule has 0 amide bonds. The van der Waals surface area contributed by atoms with Crippen molar-refractivity contribution in [2.45, 2.75) is 6.92 Å². The molecule has 0 fully saturated rings. The minimum Gasteiger partial charge on any atom is -0.623 e. The van der Waals surface area contributed by atoms with Gasteiger partial charge in [0.25, 0.3) is 0 Å². The van der Waals surface area contributed by atoms with Crippen LogP contribution >= 0.6 is 0 Å². The number of hydrogen-bond acceptors (Lipinski definition) is 3. The summed E-state index contributed by atoms with van der Waals surface area (Å²) in [7, 11) is 0. The number of nitrogens with zero attached hydrogens (tertiary/aromatic N) is 1. The molecule has 0 radical (unpaired) electrons. The average Bonchev–Trinajstić information content (AvgIpc) is 2.19. The van der Waals surface area contributed by atoms with Gasteiger partial charge in [-0.15, -0.1) is 0 Å². The van der Waals surface area contributed by atoms with E-state index in [9.17, 15) is 10.0 Å². The van der Waals surface area contributed by atoms with Gasteiger partial charge in [0.2, 0.25) is 6.54 Å². The molecule has 4 nitrogen and oxygen atoms in total. The molecule has 0 aliphatic rings. The van der Waals surface area contributed by atoms with Gasteiger partial charge in [0, 0.05) is 5.56 Å². The highest BCUT2D eigenvalue weighted by molar-refractivity contribution is 5.77. The predicted molar refractivity (Wildman–Crippen MR) is 56.7 cm³/mol. The third kappa shape index (κ3) is 4.26. The number of carbonyl (C=O) groups excluding carboxylic acids is 1. The van der Waals surface area contributed by atoms with Gasteiger partial charge in [0.15, 0.2) is 6.21 Å². The Morgan fingerprint density at radius 2 is 2.13 bits per heavy atom. The minimum absolute atomic E-state index is 0.275. The summed E-state index contributed by atoms with van der Waals surface area (Å²) in [6.07, 6.45) is 1.36. The highest BCUT2D eigenvalue weighted by Crippen LogP contribution is 1.93. The second kappa shape index (κ2) is 5.80. The van der Waals surface area contributed by atoms with Gasteiger partial charge in [-0.05, 0) is 19.1 Å². The van der Waals surface area contributed by atoms with E-state index in [0.717, 1.165) is 5.56 Å². The first-order valence-corrected chi connectivity index (χ1v) is 4.71. The molecule has 0 spiro atoms. The summed E-state index contributed by atoms with van der Waals surface area (Å²) in [4.78, 5) is 11.0. The first kappa shape index (κ1) is 11.2. The van der Waals surface area contributed by atoms with Gasteiger partial charge in [0.05, 0.1) is 6.61 Å². The molecule has 0 bridgehead atoms. The molecule has 1 aromatic rings. The second-order valence-electron chi connectivity index (χ2n) is 2.92. The largest absolute Gasteiger partial charge is 0.623 e. The summed E-state index contributed by atoms with van der Waals surface area (Å²) in [5.74, 6) is -0.514. The Morgan fingerprint density at radius 1 is 1.47 bits per heavy atom. The first-order valence-electron chi connectivity index (χ1n) is 4.71. The quantitative estimate of drug-likeness (QED) is 0.245. The van der Waals surface area contributed by atoms with E-state index in [1.165, 1.54) is 6.21 Å². The standard InChI is InChI=1S/C11H13NO3/c1-2-15-11(13)9-12(14)8-10-6-4-3-5-7-10/h3-8H,2,9H2,1H3/b12-8-. The zero-order valence-electron chi connectivity index (χ0n) is 8.55. The molecule has 0 unspecified atom stereocenters.